The molecule has 3 nitrogen and oxygen atoms in total. The minimum atomic E-state index is 0.330. The van der Waals surface area contributed by atoms with Crippen LogP contribution in [0.3, 0.4) is 0 Å². The molecule has 0 amide bonds. The van der Waals surface area contributed by atoms with E-state index in [1.807, 2.05) is 0 Å². The average Bonchev–Trinajstić information content (AvgIpc) is 2.87. The lowest BCUT2D eigenvalue weighted by Crippen LogP contribution is -2.23. The van der Waals surface area contributed by atoms with Crippen LogP contribution in [-0.2, 0) is 4.74 Å². The summed E-state index contributed by atoms with van der Waals surface area (Å²) >= 11 is 6.43. The molecule has 0 aliphatic carbocycles. The summed E-state index contributed by atoms with van der Waals surface area (Å²) in [5.74, 6) is 0. The molecule has 2 rings (SSSR count). The third kappa shape index (κ3) is 3.41. The fourth-order valence-corrected chi connectivity index (χ4v) is 2.92. The van der Waals surface area contributed by atoms with Gasteiger partial charge < -0.3 is 15.0 Å². The van der Waals surface area contributed by atoms with Crippen molar-refractivity contribution in [2.45, 2.75) is 32.4 Å². The molecule has 0 radical (unpaired) electrons. The predicted molar refractivity (Wildman–Crippen MR) is 81.2 cm³/mol. The van der Waals surface area contributed by atoms with Crippen molar-refractivity contribution >= 4 is 17.3 Å². The summed E-state index contributed by atoms with van der Waals surface area (Å²) in [4.78, 5) is 2.30. The highest BCUT2D eigenvalue weighted by Gasteiger charge is 2.23. The van der Waals surface area contributed by atoms with Gasteiger partial charge in [-0.15, -0.1) is 0 Å². The zero-order valence-electron chi connectivity index (χ0n) is 11.9. The van der Waals surface area contributed by atoms with Crippen molar-refractivity contribution < 1.29 is 4.74 Å². The summed E-state index contributed by atoms with van der Waals surface area (Å²) < 4.78 is 5.40. The summed E-state index contributed by atoms with van der Waals surface area (Å²) in [6.45, 7) is 7.17. The molecule has 1 fully saturated rings. The van der Waals surface area contributed by atoms with Crippen LogP contribution in [0.25, 0.3) is 0 Å². The SMILES string of the molecule is CCNC(C)c1ccc(N2CCC(OC)C2)c(Cl)c1. The highest BCUT2D eigenvalue weighted by Crippen LogP contribution is 2.31. The van der Waals surface area contributed by atoms with Gasteiger partial charge in [0.05, 0.1) is 16.8 Å². The Kier molecular flexibility index (Phi) is 5.08. The summed E-state index contributed by atoms with van der Waals surface area (Å²) in [5.41, 5.74) is 2.35. The second kappa shape index (κ2) is 6.60. The van der Waals surface area contributed by atoms with Gasteiger partial charge in [-0.1, -0.05) is 24.6 Å². The van der Waals surface area contributed by atoms with E-state index in [0.29, 0.717) is 12.1 Å². The molecule has 1 aromatic rings. The number of methoxy groups -OCH3 is 1. The van der Waals surface area contributed by atoms with E-state index in [2.05, 4.69) is 42.3 Å². The lowest BCUT2D eigenvalue weighted by atomic mass is 10.1. The second-order valence-corrected chi connectivity index (χ2v) is 5.49. The molecule has 0 aromatic heterocycles. The first-order valence-electron chi connectivity index (χ1n) is 6.96. The van der Waals surface area contributed by atoms with Crippen LogP contribution in [0, 0.1) is 0 Å². The molecule has 0 spiro atoms. The van der Waals surface area contributed by atoms with Gasteiger partial charge in [0.25, 0.3) is 0 Å². The maximum absolute atomic E-state index is 6.43. The molecule has 0 bridgehead atoms. The molecule has 0 saturated carbocycles. The monoisotopic (exact) mass is 282 g/mol. The molecule has 4 heteroatoms. The van der Waals surface area contributed by atoms with Gasteiger partial charge in [0.15, 0.2) is 0 Å². The molecule has 1 saturated heterocycles. The maximum atomic E-state index is 6.43. The quantitative estimate of drug-likeness (QED) is 0.897. The van der Waals surface area contributed by atoms with E-state index in [-0.39, 0.29) is 0 Å². The number of hydrogen-bond acceptors (Lipinski definition) is 3. The van der Waals surface area contributed by atoms with E-state index in [1.165, 1.54) is 5.56 Å². The van der Waals surface area contributed by atoms with Crippen molar-refractivity contribution in [3.05, 3.63) is 28.8 Å². The molecular formula is C15H23ClN2O. The Balaban J connectivity index is 2.11. The number of ether oxygens (including phenoxy) is 1. The van der Waals surface area contributed by atoms with E-state index in [1.54, 1.807) is 7.11 Å². The van der Waals surface area contributed by atoms with Gasteiger partial charge in [0, 0.05) is 26.2 Å². The number of hydrogen-bond donors (Lipinski definition) is 1. The third-order valence-electron chi connectivity index (χ3n) is 3.80. The van der Waals surface area contributed by atoms with Crippen LogP contribution in [0.5, 0.6) is 0 Å². The van der Waals surface area contributed by atoms with Crippen LogP contribution in [-0.4, -0.2) is 32.8 Å². The van der Waals surface area contributed by atoms with Gasteiger partial charge in [0.2, 0.25) is 0 Å². The van der Waals surface area contributed by atoms with Gasteiger partial charge in [-0.25, -0.2) is 0 Å². The molecule has 106 valence electrons. The van der Waals surface area contributed by atoms with Gasteiger partial charge in [0.1, 0.15) is 0 Å². The highest BCUT2D eigenvalue weighted by molar-refractivity contribution is 6.33. The standard InChI is InChI=1S/C15H23ClN2O/c1-4-17-11(2)12-5-6-15(14(16)9-12)18-8-7-13(10-18)19-3/h5-6,9,11,13,17H,4,7-8,10H2,1-3H3. The molecule has 1 aromatic carbocycles. The van der Waals surface area contributed by atoms with Gasteiger partial charge in [-0.05, 0) is 37.6 Å². The summed E-state index contributed by atoms with van der Waals surface area (Å²) in [6.07, 6.45) is 1.40. The molecular weight excluding hydrogens is 260 g/mol. The van der Waals surface area contributed by atoms with Crippen LogP contribution in [0.15, 0.2) is 18.2 Å². The van der Waals surface area contributed by atoms with Crippen molar-refractivity contribution in [1.29, 1.82) is 0 Å². The molecule has 1 aliphatic rings. The minimum absolute atomic E-state index is 0.330. The molecule has 2 unspecified atom stereocenters. The lowest BCUT2D eigenvalue weighted by Gasteiger charge is -2.21. The highest BCUT2D eigenvalue weighted by atomic mass is 35.5. The number of benzene rings is 1. The summed E-state index contributed by atoms with van der Waals surface area (Å²) in [5, 5.41) is 4.23. The number of anilines is 1. The van der Waals surface area contributed by atoms with Crippen molar-refractivity contribution in [2.75, 3.05) is 31.6 Å². The van der Waals surface area contributed by atoms with Crippen molar-refractivity contribution in [3.8, 4) is 0 Å². The fraction of sp³-hybridized carbons (Fsp3) is 0.600. The first-order chi connectivity index (χ1) is 9.15. The Hall–Kier alpha value is -0.770. The van der Waals surface area contributed by atoms with Crippen molar-refractivity contribution in [3.63, 3.8) is 0 Å². The molecule has 2 atom stereocenters. The van der Waals surface area contributed by atoms with Crippen LogP contribution in [0.1, 0.15) is 31.9 Å². The zero-order valence-corrected chi connectivity index (χ0v) is 12.7. The fourth-order valence-electron chi connectivity index (χ4n) is 2.61. The first-order valence-corrected chi connectivity index (χ1v) is 7.34. The largest absolute Gasteiger partial charge is 0.380 e. The summed E-state index contributed by atoms with van der Waals surface area (Å²) in [7, 11) is 1.77. The minimum Gasteiger partial charge on any atom is -0.380 e. The Bertz CT molecular complexity index is 425. The van der Waals surface area contributed by atoms with Crippen molar-refractivity contribution in [1.82, 2.24) is 5.32 Å². The van der Waals surface area contributed by atoms with E-state index in [4.69, 9.17) is 16.3 Å². The smallest absolute Gasteiger partial charge is 0.0762 e. The van der Waals surface area contributed by atoms with Crippen LogP contribution in [0.2, 0.25) is 5.02 Å². The van der Waals surface area contributed by atoms with Gasteiger partial charge in [-0.3, -0.25) is 0 Å². The van der Waals surface area contributed by atoms with Crippen molar-refractivity contribution in [2.24, 2.45) is 0 Å². The van der Waals surface area contributed by atoms with Crippen LogP contribution < -0.4 is 10.2 Å². The van der Waals surface area contributed by atoms with E-state index in [0.717, 1.165) is 36.8 Å². The average molecular weight is 283 g/mol. The molecule has 19 heavy (non-hydrogen) atoms. The third-order valence-corrected chi connectivity index (χ3v) is 4.10. The number of halogens is 1. The Morgan fingerprint density at radius 3 is 2.89 bits per heavy atom. The van der Waals surface area contributed by atoms with Gasteiger partial charge in [-0.2, -0.15) is 0 Å². The Labute approximate surface area is 120 Å². The first kappa shape index (κ1) is 14.6. The summed E-state index contributed by atoms with van der Waals surface area (Å²) in [6, 6.07) is 6.70. The second-order valence-electron chi connectivity index (χ2n) is 5.08. The van der Waals surface area contributed by atoms with Gasteiger partial charge >= 0.3 is 0 Å². The number of nitrogens with zero attached hydrogens (tertiary/aromatic N) is 1. The topological polar surface area (TPSA) is 24.5 Å². The van der Waals surface area contributed by atoms with Crippen LogP contribution >= 0.6 is 11.6 Å². The molecule has 1 heterocycles. The maximum Gasteiger partial charge on any atom is 0.0762 e. The Morgan fingerprint density at radius 1 is 1.53 bits per heavy atom. The molecule has 1 N–H and O–H groups in total. The van der Waals surface area contributed by atoms with E-state index >= 15 is 0 Å². The number of rotatable bonds is 5. The van der Waals surface area contributed by atoms with Crippen LogP contribution in [0.4, 0.5) is 5.69 Å². The zero-order chi connectivity index (χ0) is 13.8. The normalized spacial score (nSPS) is 20.8. The van der Waals surface area contributed by atoms with E-state index in [9.17, 15) is 0 Å². The molecule has 1 aliphatic heterocycles. The lowest BCUT2D eigenvalue weighted by molar-refractivity contribution is 0.121. The predicted octanol–water partition coefficient (Wildman–Crippen LogP) is 3.24. The number of nitrogens with one attached hydrogen (secondary N) is 1. The van der Waals surface area contributed by atoms with E-state index < -0.39 is 0 Å². The Morgan fingerprint density at radius 2 is 2.32 bits per heavy atom.